The third kappa shape index (κ3) is 3.78. The van der Waals surface area contributed by atoms with Crippen LogP contribution in [0.1, 0.15) is 11.5 Å². The van der Waals surface area contributed by atoms with E-state index in [1.807, 2.05) is 72.0 Å². The fourth-order valence-corrected chi connectivity index (χ4v) is 4.86. The van der Waals surface area contributed by atoms with E-state index < -0.39 is 0 Å². The molecule has 0 saturated carbocycles. The first-order valence-corrected chi connectivity index (χ1v) is 12.1. The molecule has 0 unspecified atom stereocenters. The Morgan fingerprint density at radius 3 is 2.57 bits per heavy atom. The number of hydrogen-bond acceptors (Lipinski definition) is 7. The van der Waals surface area contributed by atoms with Gasteiger partial charge in [0.15, 0.2) is 5.16 Å². The maximum atomic E-state index is 13.5. The Balaban J connectivity index is 1.42. The lowest BCUT2D eigenvalue weighted by Crippen LogP contribution is -2.22. The number of nitrogens with zero attached hydrogens (tertiary/aromatic N) is 6. The number of aromatic nitrogens is 6. The minimum Gasteiger partial charge on any atom is -0.338 e. The van der Waals surface area contributed by atoms with Gasteiger partial charge in [-0.25, -0.2) is 4.57 Å². The zero-order valence-corrected chi connectivity index (χ0v) is 20.0. The SMILES string of the molecule is Cc1ccccc1-n1c(=O)c2ccccc2n2c(SCc3nc(-c4ccc(Cl)cc4)no3)nnc12. The Bertz CT molecular complexity index is 1760. The number of rotatable bonds is 5. The maximum Gasteiger partial charge on any atom is 0.267 e. The Labute approximate surface area is 208 Å². The van der Waals surface area contributed by atoms with Crippen LogP contribution in [0, 0.1) is 6.92 Å². The van der Waals surface area contributed by atoms with Crippen molar-refractivity contribution in [3.8, 4) is 17.1 Å². The van der Waals surface area contributed by atoms with E-state index in [1.165, 1.54) is 11.8 Å². The molecule has 10 heteroatoms. The van der Waals surface area contributed by atoms with Crippen molar-refractivity contribution in [2.24, 2.45) is 0 Å². The molecule has 0 aliphatic heterocycles. The van der Waals surface area contributed by atoms with E-state index >= 15 is 0 Å². The van der Waals surface area contributed by atoms with Crippen molar-refractivity contribution in [2.75, 3.05) is 0 Å². The standard InChI is InChI=1S/C25H17ClN6O2S/c1-15-6-2-4-8-19(15)31-23(33)18-7-3-5-9-20(18)32-24(31)28-29-25(32)35-14-21-27-22(30-34-21)16-10-12-17(26)13-11-16/h2-13H,14H2,1H3. The van der Waals surface area contributed by atoms with Crippen molar-refractivity contribution < 1.29 is 4.52 Å². The molecule has 172 valence electrons. The van der Waals surface area contributed by atoms with E-state index in [0.29, 0.717) is 38.8 Å². The molecule has 0 spiro atoms. The normalized spacial score (nSPS) is 11.5. The van der Waals surface area contributed by atoms with Gasteiger partial charge in [0.25, 0.3) is 5.56 Å². The molecule has 0 aliphatic carbocycles. The lowest BCUT2D eigenvalue weighted by molar-refractivity contribution is 0.391. The third-order valence-corrected chi connectivity index (χ3v) is 6.81. The molecule has 0 amide bonds. The Morgan fingerprint density at radius 1 is 0.971 bits per heavy atom. The van der Waals surface area contributed by atoms with Crippen LogP contribution in [0.5, 0.6) is 0 Å². The predicted molar refractivity (Wildman–Crippen MR) is 135 cm³/mol. The summed E-state index contributed by atoms with van der Waals surface area (Å²) >= 11 is 7.37. The molecule has 8 nitrogen and oxygen atoms in total. The van der Waals surface area contributed by atoms with Gasteiger partial charge in [0.1, 0.15) is 0 Å². The first kappa shape index (κ1) is 21.6. The van der Waals surface area contributed by atoms with Crippen molar-refractivity contribution in [1.29, 1.82) is 0 Å². The summed E-state index contributed by atoms with van der Waals surface area (Å²) in [7, 11) is 0. The van der Waals surface area contributed by atoms with Crippen molar-refractivity contribution in [3.63, 3.8) is 0 Å². The van der Waals surface area contributed by atoms with E-state index in [1.54, 1.807) is 16.7 Å². The summed E-state index contributed by atoms with van der Waals surface area (Å²) in [6, 6.07) is 22.4. The monoisotopic (exact) mass is 500 g/mol. The average molecular weight is 501 g/mol. The van der Waals surface area contributed by atoms with Crippen molar-refractivity contribution >= 4 is 40.0 Å². The highest BCUT2D eigenvalue weighted by Crippen LogP contribution is 2.27. The van der Waals surface area contributed by atoms with Crippen LogP contribution in [0.25, 0.3) is 33.8 Å². The molecule has 35 heavy (non-hydrogen) atoms. The van der Waals surface area contributed by atoms with Gasteiger partial charge in [-0.1, -0.05) is 58.9 Å². The largest absolute Gasteiger partial charge is 0.338 e. The fourth-order valence-electron chi connectivity index (χ4n) is 3.96. The predicted octanol–water partition coefficient (Wildman–Crippen LogP) is 5.34. The van der Waals surface area contributed by atoms with Crippen molar-refractivity contribution in [1.82, 2.24) is 29.3 Å². The first-order valence-electron chi connectivity index (χ1n) is 10.8. The number of benzene rings is 3. The van der Waals surface area contributed by atoms with Crippen LogP contribution in [0.4, 0.5) is 0 Å². The highest BCUT2D eigenvalue weighted by Gasteiger charge is 2.19. The van der Waals surface area contributed by atoms with Gasteiger partial charge in [-0.3, -0.25) is 9.20 Å². The van der Waals surface area contributed by atoms with Crippen LogP contribution in [-0.4, -0.2) is 29.3 Å². The lowest BCUT2D eigenvalue weighted by atomic mass is 10.2. The molecule has 3 heterocycles. The van der Waals surface area contributed by atoms with E-state index in [9.17, 15) is 4.79 Å². The van der Waals surface area contributed by atoms with Gasteiger partial charge in [0.05, 0.1) is 22.3 Å². The number of hydrogen-bond donors (Lipinski definition) is 0. The summed E-state index contributed by atoms with van der Waals surface area (Å²) in [5, 5.41) is 14.7. The number of thioether (sulfide) groups is 1. The molecular formula is C25H17ClN6O2S. The van der Waals surface area contributed by atoms with Crippen LogP contribution < -0.4 is 5.56 Å². The Hall–Kier alpha value is -3.95. The summed E-state index contributed by atoms with van der Waals surface area (Å²) in [5.41, 5.74) is 3.13. The molecule has 0 bridgehead atoms. The molecule has 6 aromatic rings. The Kier molecular flexibility index (Phi) is 5.35. The molecule has 0 radical (unpaired) electrons. The summed E-state index contributed by atoms with van der Waals surface area (Å²) in [6.07, 6.45) is 0. The van der Waals surface area contributed by atoms with Crippen LogP contribution in [0.2, 0.25) is 5.02 Å². The topological polar surface area (TPSA) is 91.1 Å². The zero-order valence-electron chi connectivity index (χ0n) is 18.4. The average Bonchev–Trinajstić information content (AvgIpc) is 3.52. The number of para-hydroxylation sites is 2. The van der Waals surface area contributed by atoms with E-state index in [2.05, 4.69) is 20.3 Å². The molecule has 3 aromatic carbocycles. The highest BCUT2D eigenvalue weighted by atomic mass is 35.5. The molecule has 0 atom stereocenters. The van der Waals surface area contributed by atoms with Gasteiger partial charge in [0, 0.05) is 10.6 Å². The lowest BCUT2D eigenvalue weighted by Gasteiger charge is -2.13. The molecule has 0 aliphatic rings. The van der Waals surface area contributed by atoms with Gasteiger partial charge in [0.2, 0.25) is 17.5 Å². The van der Waals surface area contributed by atoms with Crippen molar-refractivity contribution in [3.05, 3.63) is 99.6 Å². The van der Waals surface area contributed by atoms with Crippen LogP contribution >= 0.6 is 23.4 Å². The minimum atomic E-state index is -0.143. The van der Waals surface area contributed by atoms with Crippen LogP contribution in [-0.2, 0) is 5.75 Å². The molecule has 3 aromatic heterocycles. The second-order valence-electron chi connectivity index (χ2n) is 7.87. The second kappa shape index (κ2) is 8.68. The summed E-state index contributed by atoms with van der Waals surface area (Å²) in [4.78, 5) is 18.0. The maximum absolute atomic E-state index is 13.5. The Morgan fingerprint density at radius 2 is 1.74 bits per heavy atom. The molecule has 6 rings (SSSR count). The van der Waals surface area contributed by atoms with Crippen LogP contribution in [0.3, 0.4) is 0 Å². The molecule has 0 N–H and O–H groups in total. The number of aryl methyl sites for hydroxylation is 1. The van der Waals surface area contributed by atoms with E-state index in [0.717, 1.165) is 22.3 Å². The molecular weight excluding hydrogens is 484 g/mol. The van der Waals surface area contributed by atoms with E-state index in [4.69, 9.17) is 16.1 Å². The van der Waals surface area contributed by atoms with Gasteiger partial charge in [-0.05, 0) is 55.0 Å². The highest BCUT2D eigenvalue weighted by molar-refractivity contribution is 7.98. The summed E-state index contributed by atoms with van der Waals surface area (Å²) in [6.45, 7) is 1.97. The summed E-state index contributed by atoms with van der Waals surface area (Å²) in [5.74, 6) is 1.77. The minimum absolute atomic E-state index is 0.143. The van der Waals surface area contributed by atoms with Gasteiger partial charge in [-0.2, -0.15) is 4.98 Å². The first-order chi connectivity index (χ1) is 17.1. The summed E-state index contributed by atoms with van der Waals surface area (Å²) < 4.78 is 8.95. The number of halogens is 1. The van der Waals surface area contributed by atoms with Gasteiger partial charge >= 0.3 is 0 Å². The third-order valence-electron chi connectivity index (χ3n) is 5.65. The fraction of sp³-hybridized carbons (Fsp3) is 0.0800. The quantitative estimate of drug-likeness (QED) is 0.295. The smallest absolute Gasteiger partial charge is 0.267 e. The molecule has 0 saturated heterocycles. The van der Waals surface area contributed by atoms with Crippen molar-refractivity contribution in [2.45, 2.75) is 17.8 Å². The second-order valence-corrected chi connectivity index (χ2v) is 9.25. The van der Waals surface area contributed by atoms with Gasteiger partial charge in [-0.15, -0.1) is 10.2 Å². The zero-order chi connectivity index (χ0) is 23.9. The number of fused-ring (bicyclic) bond motifs is 3. The van der Waals surface area contributed by atoms with Gasteiger partial charge < -0.3 is 4.52 Å². The van der Waals surface area contributed by atoms with Crippen LogP contribution in [0.15, 0.2) is 87.3 Å². The molecule has 0 fully saturated rings. The van der Waals surface area contributed by atoms with E-state index in [-0.39, 0.29) is 5.56 Å².